The van der Waals surface area contributed by atoms with E-state index in [1.165, 1.54) is 12.8 Å². The summed E-state index contributed by atoms with van der Waals surface area (Å²) in [6, 6.07) is 7.99. The van der Waals surface area contributed by atoms with Crippen molar-refractivity contribution in [1.29, 1.82) is 0 Å². The minimum absolute atomic E-state index is 0.345. The van der Waals surface area contributed by atoms with Gasteiger partial charge in [0, 0.05) is 18.3 Å². The maximum atomic E-state index is 11.6. The van der Waals surface area contributed by atoms with Crippen molar-refractivity contribution < 1.29 is 4.79 Å². The van der Waals surface area contributed by atoms with Gasteiger partial charge < -0.3 is 16.0 Å². The van der Waals surface area contributed by atoms with Crippen LogP contribution in [0.4, 0.5) is 5.69 Å². The Labute approximate surface area is 121 Å². The van der Waals surface area contributed by atoms with Crippen molar-refractivity contribution in [2.75, 3.05) is 24.5 Å². The van der Waals surface area contributed by atoms with Crippen molar-refractivity contribution in [3.05, 3.63) is 29.8 Å². The molecule has 1 unspecified atom stereocenters. The molecule has 1 aromatic rings. The quantitative estimate of drug-likeness (QED) is 0.864. The number of rotatable bonds is 5. The second-order valence-corrected chi connectivity index (χ2v) is 5.84. The summed E-state index contributed by atoms with van der Waals surface area (Å²) in [6.45, 7) is 7.47. The Morgan fingerprint density at radius 3 is 2.80 bits per heavy atom. The minimum Gasteiger partial charge on any atom is -0.368 e. The van der Waals surface area contributed by atoms with Gasteiger partial charge >= 0.3 is 0 Å². The van der Waals surface area contributed by atoms with Gasteiger partial charge in [0.1, 0.15) is 0 Å². The first-order valence-electron chi connectivity index (χ1n) is 7.45. The van der Waals surface area contributed by atoms with Gasteiger partial charge in [0.25, 0.3) is 5.91 Å². The molecule has 1 aromatic carbocycles. The number of nitrogens with one attached hydrogen (secondary N) is 1. The Morgan fingerprint density at radius 1 is 1.45 bits per heavy atom. The molecule has 0 bridgehead atoms. The van der Waals surface area contributed by atoms with Gasteiger partial charge in [0.05, 0.1) is 5.56 Å². The number of anilines is 1. The average molecular weight is 275 g/mol. The normalized spacial score (nSPS) is 19.1. The van der Waals surface area contributed by atoms with E-state index in [0.717, 1.165) is 25.3 Å². The highest BCUT2D eigenvalue weighted by atomic mass is 16.1. The fraction of sp³-hybridized carbons (Fsp3) is 0.562. The lowest BCUT2D eigenvalue weighted by molar-refractivity contribution is 0.100. The van der Waals surface area contributed by atoms with Crippen molar-refractivity contribution in [3.63, 3.8) is 0 Å². The number of nitrogens with zero attached hydrogens (tertiary/aromatic N) is 1. The van der Waals surface area contributed by atoms with Crippen LogP contribution in [0.15, 0.2) is 24.3 Å². The van der Waals surface area contributed by atoms with E-state index in [1.54, 1.807) is 0 Å². The highest BCUT2D eigenvalue weighted by molar-refractivity contribution is 5.98. The topological polar surface area (TPSA) is 58.4 Å². The number of amides is 1. The third-order valence-electron chi connectivity index (χ3n) is 3.96. The van der Waals surface area contributed by atoms with E-state index in [-0.39, 0.29) is 5.91 Å². The van der Waals surface area contributed by atoms with Crippen LogP contribution < -0.4 is 16.0 Å². The Bertz CT molecular complexity index is 453. The number of primary amides is 1. The van der Waals surface area contributed by atoms with E-state index >= 15 is 0 Å². The zero-order valence-electron chi connectivity index (χ0n) is 12.4. The molecule has 4 nitrogen and oxygen atoms in total. The lowest BCUT2D eigenvalue weighted by Gasteiger charge is -2.35. The molecule has 1 aliphatic rings. The molecule has 1 fully saturated rings. The molecule has 110 valence electrons. The van der Waals surface area contributed by atoms with Gasteiger partial charge in [-0.25, -0.2) is 0 Å². The number of nitrogens with two attached hydrogens (primary N) is 1. The van der Waals surface area contributed by atoms with Crippen LogP contribution in [0.1, 0.15) is 37.0 Å². The average Bonchev–Trinajstić information content (AvgIpc) is 2.45. The molecule has 0 radical (unpaired) electrons. The van der Waals surface area contributed by atoms with Crippen molar-refractivity contribution in [3.8, 4) is 0 Å². The largest absolute Gasteiger partial charge is 0.368 e. The molecule has 1 saturated heterocycles. The number of benzene rings is 1. The summed E-state index contributed by atoms with van der Waals surface area (Å²) in [5.74, 6) is 0.278. The molecular weight excluding hydrogens is 250 g/mol. The Hall–Kier alpha value is -1.55. The molecule has 3 N–H and O–H groups in total. The van der Waals surface area contributed by atoms with Gasteiger partial charge in [-0.15, -0.1) is 0 Å². The van der Waals surface area contributed by atoms with Gasteiger partial charge in [-0.05, 0) is 57.8 Å². The lowest BCUT2D eigenvalue weighted by atomic mass is 9.97. The fourth-order valence-electron chi connectivity index (χ4n) is 2.88. The molecule has 20 heavy (non-hydrogen) atoms. The summed E-state index contributed by atoms with van der Waals surface area (Å²) in [5, 5.41) is 3.45. The molecule has 2 rings (SSSR count). The fourth-order valence-corrected chi connectivity index (χ4v) is 2.88. The summed E-state index contributed by atoms with van der Waals surface area (Å²) < 4.78 is 0. The second kappa shape index (κ2) is 6.75. The molecule has 1 aliphatic heterocycles. The van der Waals surface area contributed by atoms with Crippen LogP contribution >= 0.6 is 0 Å². The van der Waals surface area contributed by atoms with Gasteiger partial charge in [-0.1, -0.05) is 12.1 Å². The Kier molecular flexibility index (Phi) is 5.01. The van der Waals surface area contributed by atoms with Gasteiger partial charge in [-0.3, -0.25) is 4.79 Å². The first-order valence-corrected chi connectivity index (χ1v) is 7.45. The SMILES string of the molecule is CC(C)N(CC1CCCNC1)c1ccccc1C(N)=O. The summed E-state index contributed by atoms with van der Waals surface area (Å²) in [4.78, 5) is 13.9. The lowest BCUT2D eigenvalue weighted by Crippen LogP contribution is -2.42. The smallest absolute Gasteiger partial charge is 0.250 e. The van der Waals surface area contributed by atoms with E-state index in [0.29, 0.717) is 17.5 Å². The van der Waals surface area contributed by atoms with Crippen LogP contribution in [0.5, 0.6) is 0 Å². The van der Waals surface area contributed by atoms with Crippen LogP contribution in [-0.2, 0) is 0 Å². The van der Waals surface area contributed by atoms with Crippen LogP contribution in [0.3, 0.4) is 0 Å². The van der Waals surface area contributed by atoms with Gasteiger partial charge in [0.2, 0.25) is 0 Å². The standard InChI is InChI=1S/C16H25N3O/c1-12(2)19(11-13-6-5-9-18-10-13)15-8-4-3-7-14(15)16(17)20/h3-4,7-8,12-13,18H,5-6,9-11H2,1-2H3,(H2,17,20). The highest BCUT2D eigenvalue weighted by Gasteiger charge is 2.22. The number of carbonyl (C=O) groups excluding carboxylic acids is 1. The first-order chi connectivity index (χ1) is 9.59. The van der Waals surface area contributed by atoms with Crippen molar-refractivity contribution in [1.82, 2.24) is 5.32 Å². The molecule has 1 amide bonds. The molecule has 0 aliphatic carbocycles. The van der Waals surface area contributed by atoms with Gasteiger partial charge in [0.15, 0.2) is 0 Å². The molecule has 0 aromatic heterocycles. The highest BCUT2D eigenvalue weighted by Crippen LogP contribution is 2.25. The van der Waals surface area contributed by atoms with Gasteiger partial charge in [-0.2, -0.15) is 0 Å². The summed E-state index contributed by atoms with van der Waals surface area (Å²) in [6.07, 6.45) is 2.48. The molecule has 0 saturated carbocycles. The van der Waals surface area contributed by atoms with E-state index in [4.69, 9.17) is 5.73 Å². The maximum absolute atomic E-state index is 11.6. The number of hydrogen-bond donors (Lipinski definition) is 2. The molecular formula is C16H25N3O. The summed E-state index contributed by atoms with van der Waals surface area (Å²) in [5.41, 5.74) is 7.08. The van der Waals surface area contributed by atoms with E-state index in [1.807, 2.05) is 24.3 Å². The van der Waals surface area contributed by atoms with Crippen molar-refractivity contribution >= 4 is 11.6 Å². The number of piperidine rings is 1. The first kappa shape index (κ1) is 14.9. The predicted molar refractivity (Wildman–Crippen MR) is 83.0 cm³/mol. The zero-order chi connectivity index (χ0) is 14.5. The minimum atomic E-state index is -0.354. The summed E-state index contributed by atoms with van der Waals surface area (Å²) >= 11 is 0. The molecule has 1 heterocycles. The number of carbonyl (C=O) groups is 1. The predicted octanol–water partition coefficient (Wildman–Crippen LogP) is 2.00. The molecule has 4 heteroatoms. The Morgan fingerprint density at radius 2 is 2.20 bits per heavy atom. The third-order valence-corrected chi connectivity index (χ3v) is 3.96. The summed E-state index contributed by atoms with van der Waals surface area (Å²) in [7, 11) is 0. The van der Waals surface area contributed by atoms with E-state index in [9.17, 15) is 4.79 Å². The molecule has 1 atom stereocenters. The van der Waals surface area contributed by atoms with Crippen molar-refractivity contribution in [2.45, 2.75) is 32.7 Å². The molecule has 0 spiro atoms. The maximum Gasteiger partial charge on any atom is 0.250 e. The zero-order valence-corrected chi connectivity index (χ0v) is 12.4. The van der Waals surface area contributed by atoms with Crippen LogP contribution in [0.25, 0.3) is 0 Å². The number of para-hydroxylation sites is 1. The van der Waals surface area contributed by atoms with Crippen LogP contribution in [0, 0.1) is 5.92 Å². The van der Waals surface area contributed by atoms with E-state index < -0.39 is 0 Å². The van der Waals surface area contributed by atoms with Crippen LogP contribution in [0.2, 0.25) is 0 Å². The third kappa shape index (κ3) is 3.51. The van der Waals surface area contributed by atoms with Crippen LogP contribution in [-0.4, -0.2) is 31.6 Å². The number of hydrogen-bond acceptors (Lipinski definition) is 3. The van der Waals surface area contributed by atoms with Crippen molar-refractivity contribution in [2.24, 2.45) is 11.7 Å². The Balaban J connectivity index is 2.21. The second-order valence-electron chi connectivity index (χ2n) is 5.84. The monoisotopic (exact) mass is 275 g/mol. The van der Waals surface area contributed by atoms with E-state index in [2.05, 4.69) is 24.1 Å².